The van der Waals surface area contributed by atoms with Gasteiger partial charge in [-0.2, -0.15) is 0 Å². The molecule has 0 bridgehead atoms. The fourth-order valence-corrected chi connectivity index (χ4v) is 7.21. The second-order valence-corrected chi connectivity index (χ2v) is 13.1. The van der Waals surface area contributed by atoms with Crippen molar-refractivity contribution in [2.75, 3.05) is 14.2 Å². The average Bonchev–Trinajstić information content (AvgIpc) is 2.87. The Morgan fingerprint density at radius 2 is 1.22 bits per heavy atom. The Labute approximate surface area is 220 Å². The van der Waals surface area contributed by atoms with Crippen LogP contribution in [0.3, 0.4) is 0 Å². The zero-order valence-corrected chi connectivity index (χ0v) is 23.3. The van der Waals surface area contributed by atoms with Crippen LogP contribution in [0.25, 0.3) is 0 Å². The molecule has 0 amide bonds. The lowest BCUT2D eigenvalue weighted by Crippen LogP contribution is -2.41. The van der Waals surface area contributed by atoms with Crippen LogP contribution in [-0.2, 0) is 35.8 Å². The summed E-state index contributed by atoms with van der Waals surface area (Å²) in [5.74, 6) is 0. The highest BCUT2D eigenvalue weighted by atomic mass is 32.2. The molecule has 0 heterocycles. The lowest BCUT2D eigenvalue weighted by molar-refractivity contribution is -0.106. The van der Waals surface area contributed by atoms with Crippen LogP contribution in [0.5, 0.6) is 0 Å². The van der Waals surface area contributed by atoms with Gasteiger partial charge in [-0.1, -0.05) is 65.7 Å². The summed E-state index contributed by atoms with van der Waals surface area (Å²) in [6.07, 6.45) is -0.382. The lowest BCUT2D eigenvalue weighted by atomic mass is 10.0. The summed E-state index contributed by atoms with van der Waals surface area (Å²) in [7, 11) is -4.85. The van der Waals surface area contributed by atoms with Crippen LogP contribution in [0.2, 0.25) is 0 Å². The number of aryl methyl sites for hydroxylation is 2. The molecule has 0 saturated heterocycles. The van der Waals surface area contributed by atoms with Crippen LogP contribution in [0.1, 0.15) is 29.5 Å². The van der Waals surface area contributed by atoms with Crippen molar-refractivity contribution in [1.82, 2.24) is 4.72 Å². The fraction of sp³-hybridized carbons (Fsp3) is 0.357. The van der Waals surface area contributed by atoms with E-state index in [0.717, 1.165) is 16.7 Å². The Bertz CT molecular complexity index is 1340. The third kappa shape index (κ3) is 7.96. The van der Waals surface area contributed by atoms with Gasteiger partial charge < -0.3 is 9.47 Å². The monoisotopic (exact) mass is 545 g/mol. The Kier molecular flexibility index (Phi) is 10.0. The average molecular weight is 546 g/mol. The van der Waals surface area contributed by atoms with Crippen LogP contribution < -0.4 is 4.72 Å². The minimum Gasteiger partial charge on any atom is -0.356 e. The number of sulfonamides is 1. The van der Waals surface area contributed by atoms with Crippen LogP contribution in [-0.4, -0.2) is 48.6 Å². The quantitative estimate of drug-likeness (QED) is 0.319. The molecular formula is C28H35NO6S2. The molecule has 200 valence electrons. The van der Waals surface area contributed by atoms with E-state index < -0.39 is 37.4 Å². The Morgan fingerprint density at radius 1 is 0.703 bits per heavy atom. The summed E-state index contributed by atoms with van der Waals surface area (Å²) in [6.45, 7) is 3.76. The van der Waals surface area contributed by atoms with Crippen LogP contribution in [0, 0.1) is 13.8 Å². The maximum Gasteiger partial charge on any atom is 0.240 e. The lowest BCUT2D eigenvalue weighted by Gasteiger charge is -2.27. The van der Waals surface area contributed by atoms with Gasteiger partial charge in [0.25, 0.3) is 0 Å². The highest BCUT2D eigenvalue weighted by Crippen LogP contribution is 2.26. The molecule has 1 N–H and O–H groups in total. The number of ether oxygens (including phenoxy) is 2. The summed E-state index contributed by atoms with van der Waals surface area (Å²) >= 11 is 0. The molecule has 0 spiro atoms. The minimum atomic E-state index is -3.90. The predicted molar refractivity (Wildman–Crippen MR) is 145 cm³/mol. The van der Waals surface area contributed by atoms with Gasteiger partial charge in [0.1, 0.15) is 0 Å². The number of methoxy groups -OCH3 is 2. The van der Waals surface area contributed by atoms with Gasteiger partial charge in [-0.15, -0.1) is 0 Å². The maximum atomic E-state index is 13.8. The summed E-state index contributed by atoms with van der Waals surface area (Å²) in [5.41, 5.74) is 2.77. The standard InChI is InChI=1S/C28H35NO6S2/c1-21-10-14-25(15-11-21)36(30,31)27(20-28(34-3)35-4)19-24(18-23-8-6-5-7-9-23)29-37(32,33)26-16-12-22(2)13-17-26/h5-17,24,27-29H,18-20H2,1-4H3. The summed E-state index contributed by atoms with van der Waals surface area (Å²) < 4.78 is 67.6. The number of hydrogen-bond donors (Lipinski definition) is 1. The first kappa shape index (κ1) is 29.0. The van der Waals surface area contributed by atoms with Crippen LogP contribution in [0.15, 0.2) is 88.7 Å². The van der Waals surface area contributed by atoms with E-state index in [1.165, 1.54) is 14.2 Å². The molecular weight excluding hydrogens is 510 g/mol. The molecule has 0 aliphatic heterocycles. The third-order valence-corrected chi connectivity index (χ3v) is 10.0. The molecule has 3 aromatic carbocycles. The van der Waals surface area contributed by atoms with Crippen molar-refractivity contribution in [3.05, 3.63) is 95.6 Å². The first-order chi connectivity index (χ1) is 17.5. The highest BCUT2D eigenvalue weighted by Gasteiger charge is 2.34. The molecule has 0 aromatic heterocycles. The van der Waals surface area contributed by atoms with E-state index >= 15 is 0 Å². The van der Waals surface area contributed by atoms with Gasteiger partial charge in [0.05, 0.1) is 15.0 Å². The molecule has 0 saturated carbocycles. The molecule has 3 aromatic rings. The van der Waals surface area contributed by atoms with E-state index in [0.29, 0.717) is 6.42 Å². The van der Waals surface area contributed by atoms with Crippen molar-refractivity contribution in [1.29, 1.82) is 0 Å². The topological polar surface area (TPSA) is 98.8 Å². The van der Waals surface area contributed by atoms with Gasteiger partial charge in [0.2, 0.25) is 10.0 Å². The molecule has 0 radical (unpaired) electrons. The van der Waals surface area contributed by atoms with Crippen molar-refractivity contribution in [2.24, 2.45) is 0 Å². The second-order valence-electron chi connectivity index (χ2n) is 9.17. The van der Waals surface area contributed by atoms with Gasteiger partial charge >= 0.3 is 0 Å². The summed E-state index contributed by atoms with van der Waals surface area (Å²) in [6, 6.07) is 21.9. The number of nitrogens with one attached hydrogen (secondary N) is 1. The summed E-state index contributed by atoms with van der Waals surface area (Å²) in [4.78, 5) is 0.301. The molecule has 3 rings (SSSR count). The largest absolute Gasteiger partial charge is 0.356 e. The highest BCUT2D eigenvalue weighted by molar-refractivity contribution is 7.92. The van der Waals surface area contributed by atoms with Gasteiger partial charge in [-0.25, -0.2) is 21.6 Å². The van der Waals surface area contributed by atoms with E-state index in [9.17, 15) is 16.8 Å². The Morgan fingerprint density at radius 3 is 1.73 bits per heavy atom. The number of benzene rings is 3. The van der Waals surface area contributed by atoms with Crippen molar-refractivity contribution in [2.45, 2.75) is 60.5 Å². The fourth-order valence-electron chi connectivity index (χ4n) is 4.17. The van der Waals surface area contributed by atoms with Crippen molar-refractivity contribution in [3.63, 3.8) is 0 Å². The molecule has 7 nitrogen and oxygen atoms in total. The van der Waals surface area contributed by atoms with E-state index in [1.54, 1.807) is 48.5 Å². The minimum absolute atomic E-state index is 0.0272. The van der Waals surface area contributed by atoms with Crippen LogP contribution >= 0.6 is 0 Å². The zero-order chi connectivity index (χ0) is 27.1. The van der Waals surface area contributed by atoms with Crippen molar-refractivity contribution < 1.29 is 26.3 Å². The third-order valence-electron chi connectivity index (χ3n) is 6.29. The molecule has 2 atom stereocenters. The smallest absolute Gasteiger partial charge is 0.240 e. The molecule has 9 heteroatoms. The van der Waals surface area contributed by atoms with Gasteiger partial charge in [0.15, 0.2) is 16.1 Å². The molecule has 2 unspecified atom stereocenters. The van der Waals surface area contributed by atoms with Gasteiger partial charge in [0, 0.05) is 26.7 Å². The van der Waals surface area contributed by atoms with E-state index in [2.05, 4.69) is 4.72 Å². The predicted octanol–water partition coefficient (Wildman–Crippen LogP) is 4.43. The van der Waals surface area contributed by atoms with E-state index in [-0.39, 0.29) is 22.6 Å². The van der Waals surface area contributed by atoms with Crippen molar-refractivity contribution >= 4 is 19.9 Å². The first-order valence-corrected chi connectivity index (χ1v) is 15.1. The second kappa shape index (κ2) is 12.8. The Hall–Kier alpha value is -2.56. The van der Waals surface area contributed by atoms with E-state index in [1.807, 2.05) is 44.2 Å². The molecule has 0 fully saturated rings. The maximum absolute atomic E-state index is 13.8. The van der Waals surface area contributed by atoms with Crippen LogP contribution in [0.4, 0.5) is 0 Å². The normalized spacial score (nSPS) is 14.0. The van der Waals surface area contributed by atoms with Crippen molar-refractivity contribution in [3.8, 4) is 0 Å². The number of hydrogen-bond acceptors (Lipinski definition) is 6. The molecule has 0 aliphatic rings. The molecule has 0 aliphatic carbocycles. The van der Waals surface area contributed by atoms with Gasteiger partial charge in [-0.05, 0) is 56.5 Å². The molecule has 37 heavy (non-hydrogen) atoms. The van der Waals surface area contributed by atoms with E-state index in [4.69, 9.17) is 9.47 Å². The Balaban J connectivity index is 1.99. The summed E-state index contributed by atoms with van der Waals surface area (Å²) in [5, 5.41) is -0.963. The zero-order valence-electron chi connectivity index (χ0n) is 21.6. The number of sulfone groups is 1. The van der Waals surface area contributed by atoms with Gasteiger partial charge in [-0.3, -0.25) is 0 Å². The SMILES string of the molecule is COC(CC(CC(Cc1ccccc1)NS(=O)(=O)c1ccc(C)cc1)S(=O)(=O)c1ccc(C)cc1)OC. The first-order valence-electron chi connectivity index (χ1n) is 12.0. The number of rotatable bonds is 13.